The molecule has 108 valence electrons. The highest BCUT2D eigenvalue weighted by atomic mass is 16.4. The highest BCUT2D eigenvalue weighted by molar-refractivity contribution is 6.01. The van der Waals surface area contributed by atoms with Crippen LogP contribution in [0, 0.1) is 5.92 Å². The lowest BCUT2D eigenvalue weighted by Gasteiger charge is -2.20. The van der Waals surface area contributed by atoms with Crippen LogP contribution in [-0.4, -0.2) is 47.6 Å². The summed E-state index contributed by atoms with van der Waals surface area (Å²) in [6.45, 7) is 10.0. The van der Waals surface area contributed by atoms with Crippen molar-refractivity contribution in [3.05, 3.63) is 11.1 Å². The van der Waals surface area contributed by atoms with Crippen LogP contribution in [0.1, 0.15) is 34.1 Å². The third-order valence-corrected chi connectivity index (χ3v) is 3.82. The summed E-state index contributed by atoms with van der Waals surface area (Å²) in [6, 6.07) is 0.539. The highest BCUT2D eigenvalue weighted by Crippen LogP contribution is 2.17. The number of aliphatic carboxylic acids is 1. The summed E-state index contributed by atoms with van der Waals surface area (Å²) in [7, 11) is 0. The van der Waals surface area contributed by atoms with Gasteiger partial charge in [0.25, 0.3) is 0 Å². The van der Waals surface area contributed by atoms with Crippen LogP contribution in [0.25, 0.3) is 0 Å². The van der Waals surface area contributed by atoms with Gasteiger partial charge in [0.15, 0.2) is 0 Å². The molecule has 0 aromatic heterocycles. The van der Waals surface area contributed by atoms with Gasteiger partial charge in [0.2, 0.25) is 5.91 Å². The van der Waals surface area contributed by atoms with Gasteiger partial charge in [-0.15, -0.1) is 0 Å². The van der Waals surface area contributed by atoms with E-state index in [1.165, 1.54) is 6.92 Å². The Balaban J connectivity index is 2.44. The van der Waals surface area contributed by atoms with E-state index in [0.717, 1.165) is 19.5 Å². The van der Waals surface area contributed by atoms with E-state index in [4.69, 9.17) is 5.11 Å². The van der Waals surface area contributed by atoms with Crippen molar-refractivity contribution in [3.63, 3.8) is 0 Å². The lowest BCUT2D eigenvalue weighted by Crippen LogP contribution is -2.33. The zero-order chi connectivity index (χ0) is 14.6. The minimum Gasteiger partial charge on any atom is -0.478 e. The Morgan fingerprint density at radius 1 is 1.32 bits per heavy atom. The van der Waals surface area contributed by atoms with Crippen LogP contribution in [0.4, 0.5) is 0 Å². The summed E-state index contributed by atoms with van der Waals surface area (Å²) in [6.07, 6.45) is 1.08. The molecule has 5 nitrogen and oxygen atoms in total. The fraction of sp³-hybridized carbons (Fsp3) is 0.714. The molecule has 2 N–H and O–H groups in total. The second-order valence-corrected chi connectivity index (χ2v) is 5.51. The summed E-state index contributed by atoms with van der Waals surface area (Å²) >= 11 is 0. The molecule has 1 atom stereocenters. The van der Waals surface area contributed by atoms with Crippen molar-refractivity contribution in [2.45, 2.75) is 40.2 Å². The first-order valence-electron chi connectivity index (χ1n) is 6.76. The van der Waals surface area contributed by atoms with E-state index >= 15 is 0 Å². The number of carboxylic acid groups (broad SMARTS) is 1. The zero-order valence-electron chi connectivity index (χ0n) is 12.2. The van der Waals surface area contributed by atoms with Crippen LogP contribution in [0.5, 0.6) is 0 Å². The topological polar surface area (TPSA) is 69.6 Å². The fourth-order valence-electron chi connectivity index (χ4n) is 2.20. The second-order valence-electron chi connectivity index (χ2n) is 5.51. The number of likely N-dealkylation sites (tertiary alicyclic amines) is 1. The first-order chi connectivity index (χ1) is 8.82. The van der Waals surface area contributed by atoms with Gasteiger partial charge in [-0.05, 0) is 46.6 Å². The summed E-state index contributed by atoms with van der Waals surface area (Å²) in [5, 5.41) is 11.7. The third-order valence-electron chi connectivity index (χ3n) is 3.82. The number of hydrogen-bond donors (Lipinski definition) is 2. The normalized spacial score (nSPS) is 21.4. The number of carbonyl (C=O) groups excluding carboxylic acids is 1. The van der Waals surface area contributed by atoms with Crippen LogP contribution in [-0.2, 0) is 9.59 Å². The summed E-state index contributed by atoms with van der Waals surface area (Å²) in [5.74, 6) is -0.855. The number of rotatable bonds is 5. The van der Waals surface area contributed by atoms with E-state index < -0.39 is 5.97 Å². The van der Waals surface area contributed by atoms with Crippen LogP contribution >= 0.6 is 0 Å². The average Bonchev–Trinajstić information content (AvgIpc) is 2.82. The average molecular weight is 268 g/mol. The Bertz CT molecular complexity index is 388. The van der Waals surface area contributed by atoms with Gasteiger partial charge < -0.3 is 15.3 Å². The summed E-state index contributed by atoms with van der Waals surface area (Å²) in [4.78, 5) is 25.0. The molecule has 1 aliphatic rings. The van der Waals surface area contributed by atoms with Gasteiger partial charge in [-0.25, -0.2) is 4.79 Å². The Morgan fingerprint density at radius 3 is 2.42 bits per heavy atom. The fourth-order valence-corrected chi connectivity index (χ4v) is 2.20. The Morgan fingerprint density at radius 2 is 1.95 bits per heavy atom. The molecule has 0 radical (unpaired) electrons. The number of hydrogen-bond acceptors (Lipinski definition) is 3. The van der Waals surface area contributed by atoms with E-state index in [1.807, 2.05) is 0 Å². The van der Waals surface area contributed by atoms with Gasteiger partial charge >= 0.3 is 5.97 Å². The molecule has 1 fully saturated rings. The molecule has 0 saturated carbocycles. The number of amides is 1. The largest absolute Gasteiger partial charge is 0.478 e. The van der Waals surface area contributed by atoms with E-state index in [2.05, 4.69) is 24.1 Å². The molecular weight excluding hydrogens is 244 g/mol. The van der Waals surface area contributed by atoms with Crippen molar-refractivity contribution in [1.29, 1.82) is 0 Å². The third kappa shape index (κ3) is 4.35. The molecule has 0 bridgehead atoms. The van der Waals surface area contributed by atoms with Gasteiger partial charge in [-0.1, -0.05) is 0 Å². The lowest BCUT2D eigenvalue weighted by molar-refractivity contribution is -0.133. The minimum absolute atomic E-state index is 0.104. The van der Waals surface area contributed by atoms with Crippen LogP contribution in [0.15, 0.2) is 11.1 Å². The monoisotopic (exact) mass is 268 g/mol. The Labute approximate surface area is 114 Å². The molecule has 0 aromatic rings. The van der Waals surface area contributed by atoms with Gasteiger partial charge in [-0.3, -0.25) is 4.79 Å². The van der Waals surface area contributed by atoms with Crippen LogP contribution in [0.3, 0.4) is 0 Å². The maximum absolute atomic E-state index is 11.8. The van der Waals surface area contributed by atoms with Crippen molar-refractivity contribution >= 4 is 11.9 Å². The summed E-state index contributed by atoms with van der Waals surface area (Å²) in [5.41, 5.74) is 0.388. The Kier molecular flexibility index (Phi) is 5.54. The van der Waals surface area contributed by atoms with Crippen molar-refractivity contribution in [2.75, 3.05) is 19.6 Å². The highest BCUT2D eigenvalue weighted by Gasteiger charge is 2.24. The number of nitrogens with one attached hydrogen (secondary N) is 1. The maximum Gasteiger partial charge on any atom is 0.331 e. The number of carboxylic acids is 1. The standard InChI is InChI=1S/C14H24N2O3/c1-9(2)16-6-5-12(8-16)7-15-13(17)10(3)11(4)14(18)19/h9,12H,5-8H2,1-4H3,(H,15,17)(H,18,19). The smallest absolute Gasteiger partial charge is 0.331 e. The van der Waals surface area contributed by atoms with Gasteiger partial charge in [0.1, 0.15) is 0 Å². The van der Waals surface area contributed by atoms with E-state index in [-0.39, 0.29) is 17.1 Å². The van der Waals surface area contributed by atoms with E-state index in [1.54, 1.807) is 6.92 Å². The lowest BCUT2D eigenvalue weighted by atomic mass is 10.1. The predicted octanol–water partition coefficient (Wildman–Crippen LogP) is 1.25. The Hall–Kier alpha value is -1.36. The van der Waals surface area contributed by atoms with Gasteiger partial charge in [0, 0.05) is 30.3 Å². The molecule has 19 heavy (non-hydrogen) atoms. The van der Waals surface area contributed by atoms with Crippen LogP contribution < -0.4 is 5.32 Å². The minimum atomic E-state index is -1.04. The molecule has 1 aliphatic heterocycles. The van der Waals surface area contributed by atoms with Crippen molar-refractivity contribution in [3.8, 4) is 0 Å². The van der Waals surface area contributed by atoms with Gasteiger partial charge in [-0.2, -0.15) is 0 Å². The second kappa shape index (κ2) is 6.70. The molecule has 1 amide bonds. The molecule has 0 spiro atoms. The van der Waals surface area contributed by atoms with E-state index in [0.29, 0.717) is 18.5 Å². The molecule has 0 aromatic carbocycles. The molecule has 1 unspecified atom stereocenters. The quantitative estimate of drug-likeness (QED) is 0.736. The molecule has 0 aliphatic carbocycles. The van der Waals surface area contributed by atoms with Gasteiger partial charge in [0.05, 0.1) is 0 Å². The van der Waals surface area contributed by atoms with Crippen LogP contribution in [0.2, 0.25) is 0 Å². The zero-order valence-corrected chi connectivity index (χ0v) is 12.2. The van der Waals surface area contributed by atoms with Crippen molar-refractivity contribution in [2.24, 2.45) is 5.92 Å². The van der Waals surface area contributed by atoms with Crippen molar-refractivity contribution in [1.82, 2.24) is 10.2 Å². The SMILES string of the molecule is CC(C(=O)O)=C(C)C(=O)NCC1CCN(C(C)C)C1. The molecular formula is C14H24N2O3. The van der Waals surface area contributed by atoms with Crippen molar-refractivity contribution < 1.29 is 14.7 Å². The maximum atomic E-state index is 11.8. The predicted molar refractivity (Wildman–Crippen MR) is 73.8 cm³/mol. The number of nitrogens with zero attached hydrogens (tertiary/aromatic N) is 1. The molecule has 5 heteroatoms. The molecule has 1 heterocycles. The molecule has 1 rings (SSSR count). The first-order valence-corrected chi connectivity index (χ1v) is 6.76. The van der Waals surface area contributed by atoms with E-state index in [9.17, 15) is 9.59 Å². The summed E-state index contributed by atoms with van der Waals surface area (Å²) < 4.78 is 0. The first kappa shape index (κ1) is 15.7. The number of carbonyl (C=O) groups is 2. The molecule has 1 saturated heterocycles.